The summed E-state index contributed by atoms with van der Waals surface area (Å²) in [5, 5.41) is 3.19. The molecular formula is C19H12N2O3S. The molecule has 0 aliphatic carbocycles. The van der Waals surface area contributed by atoms with Crippen LogP contribution in [0, 0.1) is 0 Å². The molecule has 0 saturated heterocycles. The van der Waals surface area contributed by atoms with E-state index in [1.54, 1.807) is 30.3 Å². The number of fused-ring (bicyclic) bond motifs is 1. The lowest BCUT2D eigenvalue weighted by Crippen LogP contribution is -2.17. The minimum atomic E-state index is -0.610. The van der Waals surface area contributed by atoms with E-state index in [0.717, 1.165) is 10.2 Å². The van der Waals surface area contributed by atoms with Gasteiger partial charge in [-0.2, -0.15) is 0 Å². The lowest BCUT2D eigenvalue weighted by Gasteiger charge is -2.04. The van der Waals surface area contributed by atoms with E-state index in [1.165, 1.54) is 17.4 Å². The summed E-state index contributed by atoms with van der Waals surface area (Å²) in [7, 11) is 0. The minimum Gasteiger partial charge on any atom is -0.419 e. The van der Waals surface area contributed by atoms with Crippen LogP contribution in [0.3, 0.4) is 0 Å². The maximum Gasteiger partial charge on any atom is 0.360 e. The van der Waals surface area contributed by atoms with Crippen LogP contribution in [-0.2, 0) is 0 Å². The first kappa shape index (κ1) is 15.3. The highest BCUT2D eigenvalue weighted by atomic mass is 32.1. The SMILES string of the molecule is O=C(Nc1ccc(-c2nc3ccccc3s2)oc1=O)c1ccccc1. The fourth-order valence-corrected chi connectivity index (χ4v) is 3.31. The van der Waals surface area contributed by atoms with Gasteiger partial charge in [-0.1, -0.05) is 30.3 Å². The zero-order valence-electron chi connectivity index (χ0n) is 12.9. The van der Waals surface area contributed by atoms with Crippen LogP contribution in [0.4, 0.5) is 5.69 Å². The van der Waals surface area contributed by atoms with E-state index < -0.39 is 5.63 Å². The number of nitrogens with one attached hydrogen (secondary N) is 1. The summed E-state index contributed by atoms with van der Waals surface area (Å²) < 4.78 is 6.35. The van der Waals surface area contributed by atoms with Crippen LogP contribution >= 0.6 is 11.3 Å². The van der Waals surface area contributed by atoms with Crippen molar-refractivity contribution in [1.29, 1.82) is 0 Å². The average Bonchev–Trinajstić information content (AvgIpc) is 3.08. The number of para-hydroxylation sites is 1. The lowest BCUT2D eigenvalue weighted by atomic mass is 10.2. The van der Waals surface area contributed by atoms with Gasteiger partial charge in [0.2, 0.25) is 0 Å². The van der Waals surface area contributed by atoms with E-state index in [2.05, 4.69) is 10.3 Å². The van der Waals surface area contributed by atoms with Crippen molar-refractivity contribution >= 4 is 33.1 Å². The number of benzene rings is 2. The van der Waals surface area contributed by atoms with Crippen molar-refractivity contribution in [3.63, 3.8) is 0 Å². The number of carbonyl (C=O) groups excluding carboxylic acids is 1. The Morgan fingerprint density at radius 1 is 0.960 bits per heavy atom. The summed E-state index contributed by atoms with van der Waals surface area (Å²) in [6, 6.07) is 19.6. The monoisotopic (exact) mass is 348 g/mol. The number of nitrogens with zero attached hydrogens (tertiary/aromatic N) is 1. The van der Waals surface area contributed by atoms with Gasteiger partial charge in [-0.15, -0.1) is 11.3 Å². The Labute approximate surface area is 146 Å². The molecule has 2 aromatic carbocycles. The summed E-state index contributed by atoms with van der Waals surface area (Å²) in [5.41, 5.74) is 0.809. The van der Waals surface area contributed by atoms with E-state index >= 15 is 0 Å². The molecule has 0 atom stereocenters. The molecule has 0 aliphatic rings. The van der Waals surface area contributed by atoms with Crippen LogP contribution in [0.1, 0.15) is 10.4 Å². The number of hydrogen-bond donors (Lipinski definition) is 1. The number of aromatic nitrogens is 1. The van der Waals surface area contributed by atoms with E-state index in [-0.39, 0.29) is 11.6 Å². The second kappa shape index (κ2) is 6.33. The van der Waals surface area contributed by atoms with Gasteiger partial charge in [0, 0.05) is 5.56 Å². The first-order valence-electron chi connectivity index (χ1n) is 7.57. The zero-order valence-corrected chi connectivity index (χ0v) is 13.7. The predicted octanol–water partition coefficient (Wildman–Crippen LogP) is 4.17. The summed E-state index contributed by atoms with van der Waals surface area (Å²) >= 11 is 1.44. The van der Waals surface area contributed by atoms with Gasteiger partial charge in [0.25, 0.3) is 5.91 Å². The Morgan fingerprint density at radius 2 is 1.72 bits per heavy atom. The maximum absolute atomic E-state index is 12.2. The topological polar surface area (TPSA) is 72.2 Å². The van der Waals surface area contributed by atoms with Crippen molar-refractivity contribution in [2.45, 2.75) is 0 Å². The molecule has 25 heavy (non-hydrogen) atoms. The number of hydrogen-bond acceptors (Lipinski definition) is 5. The highest BCUT2D eigenvalue weighted by Gasteiger charge is 2.13. The molecule has 122 valence electrons. The Balaban J connectivity index is 1.62. The molecule has 0 bridgehead atoms. The van der Waals surface area contributed by atoms with E-state index in [0.29, 0.717) is 16.3 Å². The van der Waals surface area contributed by atoms with Gasteiger partial charge in [0.05, 0.1) is 10.2 Å². The van der Waals surface area contributed by atoms with Crippen molar-refractivity contribution < 1.29 is 9.21 Å². The smallest absolute Gasteiger partial charge is 0.360 e. The van der Waals surface area contributed by atoms with Gasteiger partial charge in [0.1, 0.15) is 5.69 Å². The molecule has 2 aromatic heterocycles. The van der Waals surface area contributed by atoms with Gasteiger partial charge in [-0.25, -0.2) is 9.78 Å². The Hall–Kier alpha value is -3.25. The Bertz CT molecular complexity index is 1080. The summed E-state index contributed by atoms with van der Waals surface area (Å²) in [6.07, 6.45) is 0. The third kappa shape index (κ3) is 3.07. The average molecular weight is 348 g/mol. The predicted molar refractivity (Wildman–Crippen MR) is 98.0 cm³/mol. The van der Waals surface area contributed by atoms with Gasteiger partial charge in [0.15, 0.2) is 10.8 Å². The van der Waals surface area contributed by atoms with Gasteiger partial charge in [-0.05, 0) is 36.4 Å². The normalized spacial score (nSPS) is 10.7. The highest BCUT2D eigenvalue weighted by Crippen LogP contribution is 2.29. The molecule has 0 aliphatic heterocycles. The largest absolute Gasteiger partial charge is 0.419 e. The van der Waals surface area contributed by atoms with Crippen LogP contribution < -0.4 is 10.9 Å². The molecule has 6 heteroatoms. The van der Waals surface area contributed by atoms with Crippen LogP contribution in [0.25, 0.3) is 21.0 Å². The molecule has 4 aromatic rings. The number of rotatable bonds is 3. The molecule has 5 nitrogen and oxygen atoms in total. The van der Waals surface area contributed by atoms with Crippen LogP contribution in [0.2, 0.25) is 0 Å². The van der Waals surface area contributed by atoms with Crippen LogP contribution in [0.15, 0.2) is 75.9 Å². The van der Waals surface area contributed by atoms with E-state index in [4.69, 9.17) is 4.42 Å². The molecule has 1 N–H and O–H groups in total. The van der Waals surface area contributed by atoms with Crippen LogP contribution in [0.5, 0.6) is 0 Å². The fraction of sp³-hybridized carbons (Fsp3) is 0. The number of carbonyl (C=O) groups is 1. The third-order valence-corrected chi connectivity index (χ3v) is 4.66. The van der Waals surface area contributed by atoms with Crippen molar-refractivity contribution in [3.05, 3.63) is 82.7 Å². The highest BCUT2D eigenvalue weighted by molar-refractivity contribution is 7.21. The molecule has 1 amide bonds. The molecule has 0 spiro atoms. The van der Waals surface area contributed by atoms with E-state index in [1.807, 2.05) is 30.3 Å². The molecule has 2 heterocycles. The Morgan fingerprint density at radius 3 is 2.48 bits per heavy atom. The second-order valence-corrected chi connectivity index (χ2v) is 6.34. The van der Waals surface area contributed by atoms with Gasteiger partial charge in [-0.3, -0.25) is 4.79 Å². The third-order valence-electron chi connectivity index (χ3n) is 3.61. The van der Waals surface area contributed by atoms with Crippen molar-refractivity contribution in [2.75, 3.05) is 5.32 Å². The minimum absolute atomic E-state index is 0.0960. The summed E-state index contributed by atoms with van der Waals surface area (Å²) in [6.45, 7) is 0. The van der Waals surface area contributed by atoms with Gasteiger partial charge < -0.3 is 9.73 Å². The van der Waals surface area contributed by atoms with Crippen LogP contribution in [-0.4, -0.2) is 10.9 Å². The Kier molecular flexibility index (Phi) is 3.87. The van der Waals surface area contributed by atoms with Crippen molar-refractivity contribution in [2.24, 2.45) is 0 Å². The summed E-state index contributed by atoms with van der Waals surface area (Å²) in [5.74, 6) is 0.0181. The van der Waals surface area contributed by atoms with Crippen molar-refractivity contribution in [3.8, 4) is 10.8 Å². The number of anilines is 1. The standard InChI is InChI=1S/C19H12N2O3S/c22-17(12-6-2-1-3-7-12)20-14-10-11-15(24-19(14)23)18-21-13-8-4-5-9-16(13)25-18/h1-11H,(H,20,22). The first-order chi connectivity index (χ1) is 12.2. The second-order valence-electron chi connectivity index (χ2n) is 5.31. The molecule has 0 saturated carbocycles. The molecular weight excluding hydrogens is 336 g/mol. The fourth-order valence-electron chi connectivity index (χ4n) is 2.39. The number of amides is 1. The first-order valence-corrected chi connectivity index (χ1v) is 8.39. The molecule has 0 fully saturated rings. The van der Waals surface area contributed by atoms with E-state index in [9.17, 15) is 9.59 Å². The number of thiazole rings is 1. The van der Waals surface area contributed by atoms with Crippen molar-refractivity contribution in [1.82, 2.24) is 4.98 Å². The quantitative estimate of drug-likeness (QED) is 0.603. The molecule has 0 radical (unpaired) electrons. The molecule has 0 unspecified atom stereocenters. The zero-order chi connectivity index (χ0) is 17.2. The van der Waals surface area contributed by atoms with Gasteiger partial charge >= 0.3 is 5.63 Å². The maximum atomic E-state index is 12.2. The lowest BCUT2D eigenvalue weighted by molar-refractivity contribution is 0.102. The molecule has 4 rings (SSSR count). The summed E-state index contributed by atoms with van der Waals surface area (Å²) in [4.78, 5) is 28.8.